The lowest BCUT2D eigenvalue weighted by molar-refractivity contribution is 0.173. The van der Waals surface area contributed by atoms with E-state index in [0.717, 1.165) is 42.6 Å². The van der Waals surface area contributed by atoms with Crippen LogP contribution in [0, 0.1) is 5.92 Å². The second-order valence-corrected chi connectivity index (χ2v) is 7.58. The van der Waals surface area contributed by atoms with Crippen LogP contribution in [0.1, 0.15) is 51.2 Å². The first-order chi connectivity index (χ1) is 9.36. The fourth-order valence-corrected chi connectivity index (χ4v) is 3.13. The van der Waals surface area contributed by atoms with Crippen molar-refractivity contribution < 1.29 is 4.79 Å². The van der Waals surface area contributed by atoms with Crippen molar-refractivity contribution in [1.29, 1.82) is 0 Å². The van der Waals surface area contributed by atoms with Crippen molar-refractivity contribution in [2.45, 2.75) is 52.5 Å². The van der Waals surface area contributed by atoms with Gasteiger partial charge in [0.1, 0.15) is 0 Å². The zero-order chi connectivity index (χ0) is 14.8. The smallest absolute Gasteiger partial charge is 0.317 e. The third kappa shape index (κ3) is 3.95. The summed E-state index contributed by atoms with van der Waals surface area (Å²) in [4.78, 5) is 18.6. The van der Waals surface area contributed by atoms with Crippen LogP contribution in [0.3, 0.4) is 0 Å². The van der Waals surface area contributed by atoms with Gasteiger partial charge in [-0.05, 0) is 18.8 Å². The lowest BCUT2D eigenvalue weighted by Gasteiger charge is -2.30. The van der Waals surface area contributed by atoms with Crippen LogP contribution in [0.2, 0.25) is 0 Å². The summed E-state index contributed by atoms with van der Waals surface area (Å²) in [6, 6.07) is 0.0437. The molecule has 2 amide bonds. The minimum atomic E-state index is 0.0437. The van der Waals surface area contributed by atoms with Crippen molar-refractivity contribution in [3.8, 4) is 0 Å². The topological polar surface area (TPSA) is 45.2 Å². The first-order valence-corrected chi connectivity index (χ1v) is 8.22. The van der Waals surface area contributed by atoms with E-state index in [1.807, 2.05) is 10.3 Å². The van der Waals surface area contributed by atoms with Crippen LogP contribution in [0.15, 0.2) is 5.38 Å². The van der Waals surface area contributed by atoms with E-state index in [2.05, 4.69) is 38.0 Å². The molecular weight excluding hydrogens is 270 g/mol. The van der Waals surface area contributed by atoms with Gasteiger partial charge in [-0.15, -0.1) is 11.3 Å². The second kappa shape index (κ2) is 6.12. The lowest BCUT2D eigenvalue weighted by Crippen LogP contribution is -2.43. The third-order valence-electron chi connectivity index (χ3n) is 3.68. The molecule has 1 N–H and O–H groups in total. The highest BCUT2D eigenvalue weighted by Gasteiger charge is 2.21. The molecule has 112 valence electrons. The Bertz CT molecular complexity index is 456. The summed E-state index contributed by atoms with van der Waals surface area (Å²) < 4.78 is 0. The monoisotopic (exact) mass is 295 g/mol. The number of thiazole rings is 1. The molecule has 1 aromatic rings. The fourth-order valence-electron chi connectivity index (χ4n) is 2.22. The maximum atomic E-state index is 12.1. The number of likely N-dealkylation sites (tertiary alicyclic amines) is 1. The molecule has 1 fully saturated rings. The van der Waals surface area contributed by atoms with E-state index in [1.54, 1.807) is 11.3 Å². The maximum absolute atomic E-state index is 12.1. The highest BCUT2D eigenvalue weighted by molar-refractivity contribution is 7.09. The molecule has 0 spiro atoms. The number of hydrogen-bond donors (Lipinski definition) is 1. The fraction of sp³-hybridized carbons (Fsp3) is 0.733. The molecule has 20 heavy (non-hydrogen) atoms. The Labute approximate surface area is 125 Å². The molecule has 0 aliphatic carbocycles. The van der Waals surface area contributed by atoms with Gasteiger partial charge >= 0.3 is 6.03 Å². The highest BCUT2D eigenvalue weighted by atomic mass is 32.1. The molecule has 1 aromatic heterocycles. The van der Waals surface area contributed by atoms with Crippen molar-refractivity contribution >= 4 is 17.4 Å². The van der Waals surface area contributed by atoms with Gasteiger partial charge in [0.2, 0.25) is 0 Å². The van der Waals surface area contributed by atoms with Gasteiger partial charge in [0.15, 0.2) is 0 Å². The first-order valence-electron chi connectivity index (χ1n) is 7.34. The Morgan fingerprint density at radius 1 is 1.45 bits per heavy atom. The summed E-state index contributed by atoms with van der Waals surface area (Å²) in [5, 5.41) is 6.14. The zero-order valence-corrected chi connectivity index (χ0v) is 13.7. The van der Waals surface area contributed by atoms with Crippen molar-refractivity contribution in [2.24, 2.45) is 5.92 Å². The molecule has 0 bridgehead atoms. The molecule has 1 aliphatic rings. The van der Waals surface area contributed by atoms with Crippen LogP contribution in [-0.4, -0.2) is 29.0 Å². The summed E-state index contributed by atoms with van der Waals surface area (Å²) in [7, 11) is 0. The molecule has 0 radical (unpaired) electrons. The van der Waals surface area contributed by atoms with Crippen LogP contribution >= 0.6 is 11.3 Å². The Hall–Kier alpha value is -1.10. The Morgan fingerprint density at radius 2 is 2.10 bits per heavy atom. The van der Waals surface area contributed by atoms with Crippen LogP contribution in [0.25, 0.3) is 0 Å². The van der Waals surface area contributed by atoms with Gasteiger partial charge in [-0.3, -0.25) is 0 Å². The summed E-state index contributed by atoms with van der Waals surface area (Å²) in [5.41, 5.74) is 1.04. The van der Waals surface area contributed by atoms with Crippen LogP contribution < -0.4 is 5.32 Å². The standard InChI is InChI=1S/C15H25N3OS/c1-11-5-7-18(8-6-11)14(19)16-9-12-10-20-13(17-12)15(2,3)4/h10-11H,5-9H2,1-4H3,(H,16,19). The summed E-state index contributed by atoms with van der Waals surface area (Å²) >= 11 is 1.67. The van der Waals surface area contributed by atoms with Crippen molar-refractivity contribution in [3.63, 3.8) is 0 Å². The molecule has 5 heteroatoms. The van der Waals surface area contributed by atoms with Crippen molar-refractivity contribution in [1.82, 2.24) is 15.2 Å². The number of nitrogens with zero attached hydrogens (tertiary/aromatic N) is 2. The number of amides is 2. The molecule has 4 nitrogen and oxygen atoms in total. The maximum Gasteiger partial charge on any atom is 0.317 e. The first kappa shape index (κ1) is 15.3. The average molecular weight is 295 g/mol. The van der Waals surface area contributed by atoms with Crippen LogP contribution in [0.4, 0.5) is 4.79 Å². The molecular formula is C15H25N3OS. The highest BCUT2D eigenvalue weighted by Crippen LogP contribution is 2.25. The molecule has 1 aliphatic heterocycles. The van der Waals surface area contributed by atoms with E-state index in [1.165, 1.54) is 0 Å². The molecule has 0 atom stereocenters. The Balaban J connectivity index is 1.83. The van der Waals surface area contributed by atoms with Gasteiger partial charge < -0.3 is 10.2 Å². The van der Waals surface area contributed by atoms with E-state index in [9.17, 15) is 4.79 Å². The molecule has 0 unspecified atom stereocenters. The number of nitrogens with one attached hydrogen (secondary N) is 1. The summed E-state index contributed by atoms with van der Waals surface area (Å²) in [6.07, 6.45) is 2.22. The van der Waals surface area contributed by atoms with E-state index < -0.39 is 0 Å². The number of piperidine rings is 1. The summed E-state index contributed by atoms with van der Waals surface area (Å²) in [5.74, 6) is 0.743. The van der Waals surface area contributed by atoms with Gasteiger partial charge in [-0.2, -0.15) is 0 Å². The van der Waals surface area contributed by atoms with E-state index >= 15 is 0 Å². The minimum absolute atomic E-state index is 0.0437. The van der Waals surface area contributed by atoms with Crippen molar-refractivity contribution in [3.05, 3.63) is 16.1 Å². The van der Waals surface area contributed by atoms with Crippen molar-refractivity contribution in [2.75, 3.05) is 13.1 Å². The quantitative estimate of drug-likeness (QED) is 0.909. The predicted molar refractivity (Wildman–Crippen MR) is 83.0 cm³/mol. The van der Waals surface area contributed by atoms with Crippen LogP contribution in [-0.2, 0) is 12.0 Å². The molecule has 0 saturated carbocycles. The van der Waals surface area contributed by atoms with Gasteiger partial charge in [-0.25, -0.2) is 9.78 Å². The number of hydrogen-bond acceptors (Lipinski definition) is 3. The van der Waals surface area contributed by atoms with E-state index in [4.69, 9.17) is 0 Å². The minimum Gasteiger partial charge on any atom is -0.332 e. The molecule has 2 heterocycles. The molecule has 1 saturated heterocycles. The van der Waals surface area contributed by atoms with Gasteiger partial charge in [-0.1, -0.05) is 27.7 Å². The normalized spacial score (nSPS) is 17.3. The number of carbonyl (C=O) groups excluding carboxylic acids is 1. The van der Waals surface area contributed by atoms with Gasteiger partial charge in [0, 0.05) is 23.9 Å². The lowest BCUT2D eigenvalue weighted by atomic mass is 9.98. The molecule has 0 aromatic carbocycles. The largest absolute Gasteiger partial charge is 0.332 e. The summed E-state index contributed by atoms with van der Waals surface area (Å²) in [6.45, 7) is 11.0. The van der Waals surface area contributed by atoms with Crippen LogP contribution in [0.5, 0.6) is 0 Å². The number of carbonyl (C=O) groups is 1. The Morgan fingerprint density at radius 3 is 2.65 bits per heavy atom. The second-order valence-electron chi connectivity index (χ2n) is 6.72. The number of rotatable bonds is 2. The van der Waals surface area contributed by atoms with E-state index in [0.29, 0.717) is 6.54 Å². The predicted octanol–water partition coefficient (Wildman–Crippen LogP) is 3.38. The van der Waals surface area contributed by atoms with Gasteiger partial charge in [0.05, 0.1) is 17.2 Å². The van der Waals surface area contributed by atoms with Gasteiger partial charge in [0.25, 0.3) is 0 Å². The third-order valence-corrected chi connectivity index (χ3v) is 5.00. The SMILES string of the molecule is CC1CCN(C(=O)NCc2csc(C(C)(C)C)n2)CC1. The zero-order valence-electron chi connectivity index (χ0n) is 12.9. The number of aromatic nitrogens is 1. The Kier molecular flexibility index (Phi) is 4.68. The number of urea groups is 1. The van der Waals surface area contributed by atoms with E-state index in [-0.39, 0.29) is 11.4 Å². The average Bonchev–Trinajstić information content (AvgIpc) is 2.85. The molecule has 2 rings (SSSR count).